The number of benzene rings is 1. The van der Waals surface area contributed by atoms with Gasteiger partial charge in [-0.25, -0.2) is 4.98 Å². The first-order valence-electron chi connectivity index (χ1n) is 4.91. The Hall–Kier alpha value is -1.97. The lowest BCUT2D eigenvalue weighted by Crippen LogP contribution is -1.87. The maximum atomic E-state index is 5.63. The van der Waals surface area contributed by atoms with Gasteiger partial charge in [-0.3, -0.25) is 0 Å². The average molecular weight is 202 g/mol. The predicted octanol–water partition coefficient (Wildman–Crippen LogP) is 1.80. The van der Waals surface area contributed by atoms with Gasteiger partial charge in [-0.2, -0.15) is 0 Å². The van der Waals surface area contributed by atoms with Crippen LogP contribution in [0.5, 0.6) is 0 Å². The Morgan fingerprint density at radius 1 is 1.20 bits per heavy atom. The Morgan fingerprint density at radius 2 is 1.87 bits per heavy atom. The van der Waals surface area contributed by atoms with Gasteiger partial charge in [0.2, 0.25) is 0 Å². The number of anilines is 2. The van der Waals surface area contributed by atoms with Crippen LogP contribution in [0.15, 0.2) is 24.3 Å². The molecule has 2 aromatic rings. The molecule has 1 aromatic heterocycles. The lowest BCUT2D eigenvalue weighted by Gasteiger charge is -2.00. The number of aryl methyl sites for hydroxylation is 1. The smallest absolute Gasteiger partial charge is 0.198 e. The molecule has 1 aromatic carbocycles. The minimum atomic E-state index is 0.457. The van der Waals surface area contributed by atoms with Crippen molar-refractivity contribution < 1.29 is 0 Å². The van der Waals surface area contributed by atoms with Gasteiger partial charge in [0.05, 0.1) is 5.69 Å². The predicted molar refractivity (Wildman–Crippen MR) is 62.2 cm³/mol. The third-order valence-corrected chi connectivity index (χ3v) is 2.33. The molecule has 0 aliphatic rings. The molecule has 0 bridgehead atoms. The summed E-state index contributed by atoms with van der Waals surface area (Å²) in [6.45, 7) is 2.06. The first-order chi connectivity index (χ1) is 7.20. The van der Waals surface area contributed by atoms with Crippen molar-refractivity contribution >= 4 is 11.6 Å². The molecule has 0 fully saturated rings. The van der Waals surface area contributed by atoms with Gasteiger partial charge in [0.25, 0.3) is 0 Å². The molecule has 2 rings (SSSR count). The van der Waals surface area contributed by atoms with E-state index in [1.807, 2.05) is 24.3 Å². The van der Waals surface area contributed by atoms with Crippen molar-refractivity contribution in [2.24, 2.45) is 0 Å². The number of imidazole rings is 1. The zero-order valence-corrected chi connectivity index (χ0v) is 8.62. The largest absolute Gasteiger partial charge is 0.399 e. The summed E-state index contributed by atoms with van der Waals surface area (Å²) in [5, 5.41) is 0. The van der Waals surface area contributed by atoms with E-state index in [9.17, 15) is 0 Å². The number of H-pyrrole nitrogens is 1. The minimum Gasteiger partial charge on any atom is -0.399 e. The monoisotopic (exact) mass is 202 g/mol. The fourth-order valence-corrected chi connectivity index (χ4v) is 1.57. The number of aromatic nitrogens is 2. The summed E-state index contributed by atoms with van der Waals surface area (Å²) in [7, 11) is 0. The van der Waals surface area contributed by atoms with Crippen LogP contribution in [0.2, 0.25) is 0 Å². The number of hydrogen-bond acceptors (Lipinski definition) is 3. The van der Waals surface area contributed by atoms with Gasteiger partial charge >= 0.3 is 0 Å². The lowest BCUT2D eigenvalue weighted by molar-refractivity contribution is 1.07. The highest BCUT2D eigenvalue weighted by atomic mass is 15.0. The molecule has 15 heavy (non-hydrogen) atoms. The summed E-state index contributed by atoms with van der Waals surface area (Å²) < 4.78 is 0. The van der Waals surface area contributed by atoms with Gasteiger partial charge in [-0.05, 0) is 18.6 Å². The molecule has 4 heteroatoms. The second-order valence-corrected chi connectivity index (χ2v) is 3.42. The molecule has 0 unspecified atom stereocenters. The number of nitrogens with two attached hydrogens (primary N) is 2. The molecule has 4 nitrogen and oxygen atoms in total. The Balaban J connectivity index is 2.48. The maximum Gasteiger partial charge on any atom is 0.198 e. The van der Waals surface area contributed by atoms with Crippen molar-refractivity contribution in [3.05, 3.63) is 30.0 Å². The van der Waals surface area contributed by atoms with Crippen LogP contribution < -0.4 is 11.5 Å². The standard InChI is InChI=1S/C11H14N4/c1-2-9-10(15-11(13)14-9)7-3-5-8(12)6-4-7/h3-6H,2,12H2,1H3,(H3,13,14,15). The van der Waals surface area contributed by atoms with Crippen LogP contribution in [-0.2, 0) is 6.42 Å². The Bertz CT molecular complexity index is 456. The van der Waals surface area contributed by atoms with Crippen LogP contribution in [0.3, 0.4) is 0 Å². The zero-order chi connectivity index (χ0) is 10.8. The highest BCUT2D eigenvalue weighted by Crippen LogP contribution is 2.23. The lowest BCUT2D eigenvalue weighted by atomic mass is 10.1. The van der Waals surface area contributed by atoms with E-state index in [-0.39, 0.29) is 0 Å². The normalized spacial score (nSPS) is 10.5. The van der Waals surface area contributed by atoms with Gasteiger partial charge in [-0.1, -0.05) is 19.1 Å². The minimum absolute atomic E-state index is 0.457. The summed E-state index contributed by atoms with van der Waals surface area (Å²) in [4.78, 5) is 7.31. The van der Waals surface area contributed by atoms with Gasteiger partial charge in [-0.15, -0.1) is 0 Å². The molecule has 1 heterocycles. The van der Waals surface area contributed by atoms with Crippen molar-refractivity contribution in [1.29, 1.82) is 0 Å². The quantitative estimate of drug-likeness (QED) is 0.649. The van der Waals surface area contributed by atoms with Crippen LogP contribution >= 0.6 is 0 Å². The fraction of sp³-hybridized carbons (Fsp3) is 0.182. The number of nitrogens with one attached hydrogen (secondary N) is 1. The van der Waals surface area contributed by atoms with Crippen LogP contribution in [0.4, 0.5) is 11.6 Å². The topological polar surface area (TPSA) is 80.7 Å². The summed E-state index contributed by atoms with van der Waals surface area (Å²) in [5.74, 6) is 0.457. The fourth-order valence-electron chi connectivity index (χ4n) is 1.57. The van der Waals surface area contributed by atoms with Crippen molar-refractivity contribution in [3.63, 3.8) is 0 Å². The van der Waals surface area contributed by atoms with E-state index in [1.165, 1.54) is 0 Å². The van der Waals surface area contributed by atoms with E-state index >= 15 is 0 Å². The van der Waals surface area contributed by atoms with Crippen molar-refractivity contribution in [2.45, 2.75) is 13.3 Å². The summed E-state index contributed by atoms with van der Waals surface area (Å²) in [6, 6.07) is 7.62. The van der Waals surface area contributed by atoms with Crippen molar-refractivity contribution in [2.75, 3.05) is 11.5 Å². The average Bonchev–Trinajstić information content (AvgIpc) is 2.61. The molecule has 78 valence electrons. The van der Waals surface area contributed by atoms with Crippen LogP contribution in [0.1, 0.15) is 12.6 Å². The molecule has 0 saturated carbocycles. The molecule has 0 saturated heterocycles. The van der Waals surface area contributed by atoms with Crippen LogP contribution in [0, 0.1) is 0 Å². The number of hydrogen-bond donors (Lipinski definition) is 3. The number of rotatable bonds is 2. The Morgan fingerprint density at radius 3 is 2.47 bits per heavy atom. The molecular weight excluding hydrogens is 188 g/mol. The SMILES string of the molecule is CCc1[nH]c(N)nc1-c1ccc(N)cc1. The molecule has 0 aliphatic carbocycles. The highest BCUT2D eigenvalue weighted by molar-refractivity contribution is 5.65. The van der Waals surface area contributed by atoms with E-state index in [2.05, 4.69) is 16.9 Å². The van der Waals surface area contributed by atoms with Crippen LogP contribution in [-0.4, -0.2) is 9.97 Å². The second kappa shape index (κ2) is 3.65. The van der Waals surface area contributed by atoms with Gasteiger partial charge in [0.1, 0.15) is 0 Å². The van der Waals surface area contributed by atoms with Crippen LogP contribution in [0.25, 0.3) is 11.3 Å². The first-order valence-corrected chi connectivity index (χ1v) is 4.91. The van der Waals surface area contributed by atoms with E-state index in [4.69, 9.17) is 11.5 Å². The van der Waals surface area contributed by atoms with Gasteiger partial charge in [0, 0.05) is 16.9 Å². The van der Waals surface area contributed by atoms with Crippen molar-refractivity contribution in [3.8, 4) is 11.3 Å². The molecule has 5 N–H and O–H groups in total. The van der Waals surface area contributed by atoms with E-state index in [1.54, 1.807) is 0 Å². The second-order valence-electron chi connectivity index (χ2n) is 3.42. The number of nitrogen functional groups attached to an aromatic ring is 2. The van der Waals surface area contributed by atoms with Crippen molar-refractivity contribution in [1.82, 2.24) is 9.97 Å². The van der Waals surface area contributed by atoms with E-state index in [0.29, 0.717) is 5.95 Å². The van der Waals surface area contributed by atoms with Gasteiger partial charge in [0.15, 0.2) is 5.95 Å². The number of nitrogens with zero attached hydrogens (tertiary/aromatic N) is 1. The Kier molecular flexibility index (Phi) is 2.33. The maximum absolute atomic E-state index is 5.63. The summed E-state index contributed by atoms with van der Waals surface area (Å²) in [6.07, 6.45) is 0.879. The van der Waals surface area contributed by atoms with Gasteiger partial charge < -0.3 is 16.5 Å². The molecule has 0 radical (unpaired) electrons. The van der Waals surface area contributed by atoms with E-state index in [0.717, 1.165) is 29.1 Å². The molecule has 0 aliphatic heterocycles. The highest BCUT2D eigenvalue weighted by Gasteiger charge is 2.08. The molecule has 0 atom stereocenters. The first kappa shape index (κ1) is 9.58. The zero-order valence-electron chi connectivity index (χ0n) is 8.62. The summed E-state index contributed by atoms with van der Waals surface area (Å²) >= 11 is 0. The molecular formula is C11H14N4. The molecule has 0 spiro atoms. The summed E-state index contributed by atoms with van der Waals surface area (Å²) in [5.41, 5.74) is 15.0. The Labute approximate surface area is 88.3 Å². The van der Waals surface area contributed by atoms with E-state index < -0.39 is 0 Å². The third kappa shape index (κ3) is 1.79. The number of aromatic amines is 1. The molecule has 0 amide bonds. The third-order valence-electron chi connectivity index (χ3n) is 2.33.